The third-order valence-corrected chi connectivity index (χ3v) is 15.0. The van der Waals surface area contributed by atoms with E-state index in [0.29, 0.717) is 17.5 Å². The van der Waals surface area contributed by atoms with Crippen molar-refractivity contribution >= 4 is 33.7 Å². The van der Waals surface area contributed by atoms with Gasteiger partial charge in [-0.3, -0.25) is 0 Å². The molecule has 0 radical (unpaired) electrons. The summed E-state index contributed by atoms with van der Waals surface area (Å²) in [6, 6.07) is 76.1. The molecule has 0 N–H and O–H groups in total. The van der Waals surface area contributed by atoms with Crippen molar-refractivity contribution in [3.8, 4) is 56.4 Å². The minimum Gasteiger partial charge on any atom is -0.455 e. The first kappa shape index (κ1) is 38.6. The lowest BCUT2D eigenvalue weighted by Crippen LogP contribution is -2.43. The summed E-state index contributed by atoms with van der Waals surface area (Å²) in [5.41, 5.74) is 16.2. The molecule has 5 heteroatoms. The Labute approximate surface area is 387 Å². The van der Waals surface area contributed by atoms with E-state index >= 15 is 0 Å². The minimum absolute atomic E-state index is 0.263. The predicted octanol–water partition coefficient (Wildman–Crippen LogP) is 15.6. The molecule has 66 heavy (non-hydrogen) atoms. The number of hydrogen-bond acceptors (Lipinski definition) is 5. The Hall–Kier alpha value is -7.86. The zero-order chi connectivity index (χ0) is 44.0. The Morgan fingerprint density at radius 3 is 1.61 bits per heavy atom. The van der Waals surface area contributed by atoms with Gasteiger partial charge in [-0.25, -0.2) is 15.0 Å². The van der Waals surface area contributed by atoms with Crippen LogP contribution >= 0.6 is 11.8 Å². The van der Waals surface area contributed by atoms with Gasteiger partial charge in [-0.2, -0.15) is 0 Å². The van der Waals surface area contributed by atoms with Crippen molar-refractivity contribution in [2.45, 2.75) is 34.5 Å². The van der Waals surface area contributed by atoms with Crippen LogP contribution in [0.15, 0.2) is 227 Å². The second-order valence-electron chi connectivity index (χ2n) is 17.9. The Morgan fingerprint density at radius 1 is 0.364 bits per heavy atom. The maximum absolute atomic E-state index is 6.39. The molecule has 0 amide bonds. The van der Waals surface area contributed by atoms with Crippen LogP contribution in [0.4, 0.5) is 0 Å². The zero-order valence-corrected chi connectivity index (χ0v) is 37.2. The monoisotopic (exact) mass is 863 g/mol. The predicted molar refractivity (Wildman–Crippen MR) is 269 cm³/mol. The van der Waals surface area contributed by atoms with Gasteiger partial charge in [-0.15, -0.1) is 0 Å². The van der Waals surface area contributed by atoms with Crippen LogP contribution in [0.25, 0.3) is 78.4 Å². The van der Waals surface area contributed by atoms with Gasteiger partial charge >= 0.3 is 0 Å². The molecule has 2 aliphatic rings. The number of benzene rings is 9. The summed E-state index contributed by atoms with van der Waals surface area (Å²) in [6.07, 6.45) is 0. The van der Waals surface area contributed by atoms with Crippen LogP contribution in [-0.2, 0) is 10.8 Å². The minimum atomic E-state index is -0.464. The van der Waals surface area contributed by atoms with Crippen molar-refractivity contribution < 1.29 is 4.42 Å². The van der Waals surface area contributed by atoms with E-state index in [4.69, 9.17) is 19.4 Å². The van der Waals surface area contributed by atoms with E-state index in [0.717, 1.165) is 60.9 Å². The second-order valence-corrected chi connectivity index (χ2v) is 19.0. The summed E-state index contributed by atoms with van der Waals surface area (Å²) in [4.78, 5) is 18.0. The van der Waals surface area contributed by atoms with Gasteiger partial charge in [-0.05, 0) is 80.4 Å². The van der Waals surface area contributed by atoms with Crippen molar-refractivity contribution in [1.29, 1.82) is 0 Å². The first-order chi connectivity index (χ1) is 32.4. The lowest BCUT2D eigenvalue weighted by Gasteiger charge is -2.50. The van der Waals surface area contributed by atoms with E-state index in [1.165, 1.54) is 43.2 Å². The van der Waals surface area contributed by atoms with Crippen LogP contribution in [0.1, 0.15) is 47.2 Å². The second kappa shape index (κ2) is 14.8. The average Bonchev–Trinajstić information content (AvgIpc) is 3.77. The van der Waals surface area contributed by atoms with Gasteiger partial charge in [0.1, 0.15) is 11.2 Å². The molecule has 1 spiro atoms. The van der Waals surface area contributed by atoms with Crippen LogP contribution < -0.4 is 0 Å². The van der Waals surface area contributed by atoms with Crippen molar-refractivity contribution in [3.05, 3.63) is 246 Å². The van der Waals surface area contributed by atoms with Gasteiger partial charge in [0, 0.05) is 48.2 Å². The number of para-hydroxylation sites is 2. The molecule has 4 nitrogen and oxygen atoms in total. The van der Waals surface area contributed by atoms with Gasteiger partial charge in [0.15, 0.2) is 17.5 Å². The molecule has 0 fully saturated rings. The molecule has 0 saturated carbocycles. The maximum atomic E-state index is 6.39. The number of hydrogen-bond donors (Lipinski definition) is 0. The SMILES string of the molecule is CC1(C)c2ccccc2C2(c3ccccc3Sc3ccccc32)c2ccc(-c3cccc(-c4nc(-c5ccccc5)nc(-c5ccc(-c6cccc7c6oc6ccccc67)cc5)n4)c3)cc21. The summed E-state index contributed by atoms with van der Waals surface area (Å²) in [5, 5.41) is 2.23. The summed E-state index contributed by atoms with van der Waals surface area (Å²) < 4.78 is 6.39. The molecule has 0 atom stereocenters. The molecule has 9 aromatic carbocycles. The van der Waals surface area contributed by atoms with Gasteiger partial charge < -0.3 is 4.42 Å². The standard InChI is InChI=1S/C61H41N3OS/c1-60(2)47-23-7-8-24-48(47)61(50-25-9-12-28-54(50)66-55-29-13-10-26-51(55)61)49-35-34-42(37-52(49)60)41-18-14-19-43(36-41)59-63-57(39-16-4-3-5-17-39)62-58(64-59)40-32-30-38(31-33-40)44-21-15-22-46-45-20-6-11-27-53(45)65-56(44)46/h3-37H,1-2H3. The Kier molecular flexibility index (Phi) is 8.68. The molecule has 2 aromatic heterocycles. The molecule has 3 heterocycles. The molecule has 13 rings (SSSR count). The number of fused-ring (bicyclic) bond motifs is 11. The highest BCUT2D eigenvalue weighted by atomic mass is 32.2. The van der Waals surface area contributed by atoms with Crippen LogP contribution in [0, 0.1) is 0 Å². The highest BCUT2D eigenvalue weighted by molar-refractivity contribution is 7.99. The maximum Gasteiger partial charge on any atom is 0.164 e. The molecule has 0 saturated heterocycles. The lowest BCUT2D eigenvalue weighted by molar-refractivity contribution is 0.549. The van der Waals surface area contributed by atoms with Crippen LogP contribution in [0.3, 0.4) is 0 Å². The summed E-state index contributed by atoms with van der Waals surface area (Å²) in [7, 11) is 0. The molecule has 11 aromatic rings. The van der Waals surface area contributed by atoms with Crippen molar-refractivity contribution in [2.75, 3.05) is 0 Å². The van der Waals surface area contributed by atoms with Gasteiger partial charge in [0.05, 0.1) is 5.41 Å². The zero-order valence-electron chi connectivity index (χ0n) is 36.4. The van der Waals surface area contributed by atoms with E-state index in [9.17, 15) is 0 Å². The summed E-state index contributed by atoms with van der Waals surface area (Å²) in [6.45, 7) is 4.77. The molecule has 0 bridgehead atoms. The smallest absolute Gasteiger partial charge is 0.164 e. The first-order valence-electron chi connectivity index (χ1n) is 22.5. The number of rotatable bonds is 5. The molecule has 0 unspecified atom stereocenters. The third-order valence-electron chi connectivity index (χ3n) is 13.9. The van der Waals surface area contributed by atoms with E-state index in [2.05, 4.69) is 196 Å². The topological polar surface area (TPSA) is 51.8 Å². The lowest BCUT2D eigenvalue weighted by atomic mass is 9.54. The van der Waals surface area contributed by atoms with Gasteiger partial charge in [0.2, 0.25) is 0 Å². The van der Waals surface area contributed by atoms with Crippen molar-refractivity contribution in [3.63, 3.8) is 0 Å². The molecule has 1 aliphatic heterocycles. The van der Waals surface area contributed by atoms with Crippen molar-refractivity contribution in [1.82, 2.24) is 15.0 Å². The Morgan fingerprint density at radius 2 is 0.864 bits per heavy atom. The summed E-state index contributed by atoms with van der Waals surface area (Å²) in [5.74, 6) is 1.86. The fourth-order valence-electron chi connectivity index (χ4n) is 10.7. The van der Waals surface area contributed by atoms with Crippen molar-refractivity contribution in [2.24, 2.45) is 0 Å². The normalized spacial score (nSPS) is 14.1. The highest BCUT2D eigenvalue weighted by Gasteiger charge is 2.52. The molecule has 312 valence electrons. The largest absolute Gasteiger partial charge is 0.455 e. The fourth-order valence-corrected chi connectivity index (χ4v) is 11.9. The number of nitrogens with zero attached hydrogens (tertiary/aromatic N) is 3. The fraction of sp³-hybridized carbons (Fsp3) is 0.0656. The summed E-state index contributed by atoms with van der Waals surface area (Å²) >= 11 is 1.88. The molecular formula is C61H41N3OS. The van der Waals surface area contributed by atoms with E-state index in [-0.39, 0.29) is 5.41 Å². The number of furan rings is 1. The van der Waals surface area contributed by atoms with Crippen LogP contribution in [-0.4, -0.2) is 15.0 Å². The van der Waals surface area contributed by atoms with Gasteiger partial charge in [-0.1, -0.05) is 208 Å². The first-order valence-corrected chi connectivity index (χ1v) is 23.3. The van der Waals surface area contributed by atoms with Gasteiger partial charge in [0.25, 0.3) is 0 Å². The average molecular weight is 864 g/mol. The highest BCUT2D eigenvalue weighted by Crippen LogP contribution is 2.61. The van der Waals surface area contributed by atoms with E-state index < -0.39 is 5.41 Å². The molecule has 1 aliphatic carbocycles. The van der Waals surface area contributed by atoms with Crippen LogP contribution in [0.2, 0.25) is 0 Å². The van der Waals surface area contributed by atoms with E-state index in [1.54, 1.807) is 0 Å². The number of aromatic nitrogens is 3. The Bertz CT molecular complexity index is 3670. The van der Waals surface area contributed by atoms with Crippen LogP contribution in [0.5, 0.6) is 0 Å². The Balaban J connectivity index is 0.929. The quantitative estimate of drug-likeness (QED) is 0.173. The third kappa shape index (κ3) is 5.83. The van der Waals surface area contributed by atoms with E-state index in [1.807, 2.05) is 42.1 Å². The molecular weight excluding hydrogens is 823 g/mol.